The highest BCUT2D eigenvalue weighted by Gasteiger charge is 2.30. The molecule has 0 radical (unpaired) electrons. The number of hydrogen-bond acceptors (Lipinski definition) is 5. The van der Waals surface area contributed by atoms with Crippen molar-refractivity contribution < 1.29 is 19.1 Å². The number of nitrogens with zero attached hydrogens (tertiary/aromatic N) is 2. The highest BCUT2D eigenvalue weighted by Crippen LogP contribution is 2.14. The molecule has 1 aliphatic heterocycles. The standard InChI is InChI=1S/C15H14N2O4/c18-14(21-13-6-9-20-15(13)19)12-4-2-11(3-5-12)10-17-8-1-7-16-17/h1-5,7-8,13H,6,9-10H2/t13-/m0/s1. The molecule has 2 heterocycles. The summed E-state index contributed by atoms with van der Waals surface area (Å²) in [5.41, 5.74) is 1.44. The lowest BCUT2D eigenvalue weighted by atomic mass is 10.1. The van der Waals surface area contributed by atoms with E-state index < -0.39 is 18.0 Å². The van der Waals surface area contributed by atoms with Gasteiger partial charge in [-0.2, -0.15) is 5.10 Å². The van der Waals surface area contributed by atoms with Gasteiger partial charge in [0, 0.05) is 18.8 Å². The van der Waals surface area contributed by atoms with Crippen LogP contribution in [0.4, 0.5) is 0 Å². The molecule has 2 aromatic rings. The molecule has 0 saturated carbocycles. The van der Waals surface area contributed by atoms with Crippen LogP contribution in [0.3, 0.4) is 0 Å². The van der Waals surface area contributed by atoms with E-state index in [4.69, 9.17) is 9.47 Å². The van der Waals surface area contributed by atoms with E-state index in [0.717, 1.165) is 5.56 Å². The van der Waals surface area contributed by atoms with Gasteiger partial charge in [-0.3, -0.25) is 4.68 Å². The molecule has 0 N–H and O–H groups in total. The van der Waals surface area contributed by atoms with Crippen molar-refractivity contribution in [3.8, 4) is 0 Å². The second-order valence-electron chi connectivity index (χ2n) is 4.75. The van der Waals surface area contributed by atoms with Gasteiger partial charge in [-0.05, 0) is 23.8 Å². The van der Waals surface area contributed by atoms with Crippen molar-refractivity contribution in [1.82, 2.24) is 9.78 Å². The van der Waals surface area contributed by atoms with Gasteiger partial charge in [0.25, 0.3) is 0 Å². The monoisotopic (exact) mass is 286 g/mol. The van der Waals surface area contributed by atoms with Gasteiger partial charge in [0.15, 0.2) is 0 Å². The first-order valence-electron chi connectivity index (χ1n) is 6.66. The quantitative estimate of drug-likeness (QED) is 0.795. The van der Waals surface area contributed by atoms with Crippen LogP contribution in [0, 0.1) is 0 Å². The summed E-state index contributed by atoms with van der Waals surface area (Å²) in [4.78, 5) is 23.2. The van der Waals surface area contributed by atoms with E-state index in [2.05, 4.69) is 5.10 Å². The topological polar surface area (TPSA) is 70.4 Å². The Morgan fingerprint density at radius 2 is 2.19 bits per heavy atom. The van der Waals surface area contributed by atoms with Crippen LogP contribution >= 0.6 is 0 Å². The highest BCUT2D eigenvalue weighted by molar-refractivity contribution is 5.91. The van der Waals surface area contributed by atoms with Gasteiger partial charge in [-0.1, -0.05) is 12.1 Å². The largest absolute Gasteiger partial charge is 0.463 e. The Morgan fingerprint density at radius 3 is 2.81 bits per heavy atom. The van der Waals surface area contributed by atoms with E-state index >= 15 is 0 Å². The van der Waals surface area contributed by atoms with E-state index in [1.54, 1.807) is 23.0 Å². The summed E-state index contributed by atoms with van der Waals surface area (Å²) in [5.74, 6) is -0.983. The number of carbonyl (C=O) groups excluding carboxylic acids is 2. The zero-order chi connectivity index (χ0) is 14.7. The van der Waals surface area contributed by atoms with Crippen molar-refractivity contribution in [2.24, 2.45) is 0 Å². The summed E-state index contributed by atoms with van der Waals surface area (Å²) in [5, 5.41) is 4.12. The fourth-order valence-electron chi connectivity index (χ4n) is 2.11. The number of aromatic nitrogens is 2. The average Bonchev–Trinajstić information content (AvgIpc) is 3.12. The maximum atomic E-state index is 11.9. The molecule has 3 rings (SSSR count). The van der Waals surface area contributed by atoms with Crippen LogP contribution in [0.15, 0.2) is 42.7 Å². The van der Waals surface area contributed by atoms with Crippen molar-refractivity contribution >= 4 is 11.9 Å². The number of carbonyl (C=O) groups is 2. The SMILES string of the molecule is O=C(O[C@H]1CCOC1=O)c1ccc(Cn2cccn2)cc1. The van der Waals surface area contributed by atoms with Crippen molar-refractivity contribution in [1.29, 1.82) is 0 Å². The zero-order valence-corrected chi connectivity index (χ0v) is 11.3. The van der Waals surface area contributed by atoms with Crippen LogP contribution in [-0.4, -0.2) is 34.4 Å². The van der Waals surface area contributed by atoms with Crippen LogP contribution in [0.25, 0.3) is 0 Å². The maximum Gasteiger partial charge on any atom is 0.347 e. The average molecular weight is 286 g/mol. The first-order chi connectivity index (χ1) is 10.2. The normalized spacial score (nSPS) is 17.5. The summed E-state index contributed by atoms with van der Waals surface area (Å²) in [6.45, 7) is 0.941. The van der Waals surface area contributed by atoms with E-state index in [1.165, 1.54) is 0 Å². The Hall–Kier alpha value is -2.63. The molecule has 1 aliphatic rings. The minimum Gasteiger partial charge on any atom is -0.463 e. The Labute approximate surface area is 121 Å². The fraction of sp³-hybridized carbons (Fsp3) is 0.267. The van der Waals surface area contributed by atoms with E-state index in [9.17, 15) is 9.59 Å². The second kappa shape index (κ2) is 5.78. The summed E-state index contributed by atoms with van der Waals surface area (Å²) < 4.78 is 11.7. The van der Waals surface area contributed by atoms with E-state index in [0.29, 0.717) is 25.1 Å². The molecule has 0 unspecified atom stereocenters. The summed E-state index contributed by atoms with van der Waals surface area (Å²) in [6.07, 6.45) is 3.23. The number of rotatable bonds is 4. The molecule has 21 heavy (non-hydrogen) atoms. The van der Waals surface area contributed by atoms with E-state index in [1.807, 2.05) is 24.4 Å². The van der Waals surface area contributed by atoms with Crippen molar-refractivity contribution in [3.63, 3.8) is 0 Å². The molecule has 6 nitrogen and oxygen atoms in total. The number of benzene rings is 1. The number of hydrogen-bond donors (Lipinski definition) is 0. The van der Waals surface area contributed by atoms with Gasteiger partial charge in [0.1, 0.15) is 0 Å². The first-order valence-corrected chi connectivity index (χ1v) is 6.66. The molecule has 6 heteroatoms. The third-order valence-electron chi connectivity index (χ3n) is 3.23. The summed E-state index contributed by atoms with van der Waals surface area (Å²) >= 11 is 0. The summed E-state index contributed by atoms with van der Waals surface area (Å²) in [6, 6.07) is 8.89. The lowest BCUT2D eigenvalue weighted by molar-refractivity contribution is -0.145. The van der Waals surface area contributed by atoms with Gasteiger partial charge < -0.3 is 9.47 Å². The van der Waals surface area contributed by atoms with Gasteiger partial charge >= 0.3 is 11.9 Å². The molecule has 0 aliphatic carbocycles. The van der Waals surface area contributed by atoms with Crippen LogP contribution in [0.5, 0.6) is 0 Å². The summed E-state index contributed by atoms with van der Waals surface area (Å²) in [7, 11) is 0. The zero-order valence-electron chi connectivity index (χ0n) is 11.3. The molecule has 1 atom stereocenters. The molecular formula is C15H14N2O4. The Morgan fingerprint density at radius 1 is 1.38 bits per heavy atom. The molecule has 1 aromatic heterocycles. The minimum atomic E-state index is -0.777. The number of ether oxygens (including phenoxy) is 2. The van der Waals surface area contributed by atoms with Gasteiger partial charge in [0.2, 0.25) is 6.10 Å². The maximum absolute atomic E-state index is 11.9. The Kier molecular flexibility index (Phi) is 3.68. The van der Waals surface area contributed by atoms with Gasteiger partial charge in [-0.15, -0.1) is 0 Å². The van der Waals surface area contributed by atoms with Crippen LogP contribution < -0.4 is 0 Å². The minimum absolute atomic E-state index is 0.305. The van der Waals surface area contributed by atoms with Crippen LogP contribution in [0.1, 0.15) is 22.3 Å². The molecule has 0 amide bonds. The fourth-order valence-corrected chi connectivity index (χ4v) is 2.11. The number of cyclic esters (lactones) is 1. The van der Waals surface area contributed by atoms with Gasteiger partial charge in [-0.25, -0.2) is 9.59 Å². The predicted molar refractivity (Wildman–Crippen MR) is 72.6 cm³/mol. The second-order valence-corrected chi connectivity index (χ2v) is 4.75. The van der Waals surface area contributed by atoms with E-state index in [-0.39, 0.29) is 0 Å². The van der Waals surface area contributed by atoms with Crippen LogP contribution in [-0.2, 0) is 20.8 Å². The molecule has 1 saturated heterocycles. The predicted octanol–water partition coefficient (Wildman–Crippen LogP) is 1.40. The number of esters is 2. The molecule has 108 valence electrons. The molecule has 0 bridgehead atoms. The Bertz CT molecular complexity index is 634. The highest BCUT2D eigenvalue weighted by atomic mass is 16.6. The van der Waals surface area contributed by atoms with Crippen molar-refractivity contribution in [3.05, 3.63) is 53.9 Å². The molecule has 0 spiro atoms. The molecule has 1 aromatic carbocycles. The Balaban J connectivity index is 1.63. The lowest BCUT2D eigenvalue weighted by Gasteiger charge is -2.09. The first kappa shape index (κ1) is 13.4. The van der Waals surface area contributed by atoms with Crippen molar-refractivity contribution in [2.45, 2.75) is 19.1 Å². The third kappa shape index (κ3) is 3.10. The third-order valence-corrected chi connectivity index (χ3v) is 3.23. The molecule has 1 fully saturated rings. The van der Waals surface area contributed by atoms with Crippen molar-refractivity contribution in [2.75, 3.05) is 6.61 Å². The molecular weight excluding hydrogens is 272 g/mol. The smallest absolute Gasteiger partial charge is 0.347 e. The van der Waals surface area contributed by atoms with Gasteiger partial charge in [0.05, 0.1) is 18.7 Å². The lowest BCUT2D eigenvalue weighted by Crippen LogP contribution is -2.22. The van der Waals surface area contributed by atoms with Crippen LogP contribution in [0.2, 0.25) is 0 Å².